The molecule has 0 unspecified atom stereocenters. The van der Waals surface area contributed by atoms with Crippen molar-refractivity contribution in [1.29, 1.82) is 0 Å². The third-order valence-electron chi connectivity index (χ3n) is 2.46. The van der Waals surface area contributed by atoms with Gasteiger partial charge in [0.15, 0.2) is 0 Å². The summed E-state index contributed by atoms with van der Waals surface area (Å²) in [4.78, 5) is 0. The van der Waals surface area contributed by atoms with Crippen molar-refractivity contribution in [2.75, 3.05) is 0 Å². The molecule has 0 spiro atoms. The van der Waals surface area contributed by atoms with E-state index < -0.39 is 0 Å². The molecule has 0 aromatic heterocycles. The van der Waals surface area contributed by atoms with E-state index in [9.17, 15) is 0 Å². The predicted octanol–water partition coefficient (Wildman–Crippen LogP) is 3.87. The molecule has 0 radical (unpaired) electrons. The van der Waals surface area contributed by atoms with Crippen LogP contribution in [0.25, 0.3) is 0 Å². The predicted molar refractivity (Wildman–Crippen MR) is 55.1 cm³/mol. The number of rotatable bonds is 4. The monoisotopic (exact) mass is 162 g/mol. The molecule has 1 fully saturated rings. The molecule has 0 atom stereocenters. The fourth-order valence-corrected chi connectivity index (χ4v) is 1.46. The lowest BCUT2D eigenvalue weighted by molar-refractivity contribution is 0.932. The minimum absolute atomic E-state index is 0.874. The van der Waals surface area contributed by atoms with Crippen molar-refractivity contribution in [1.82, 2.24) is 0 Å². The van der Waals surface area contributed by atoms with Crippen LogP contribution in [0.15, 0.2) is 36.0 Å². The molecule has 0 amide bonds. The molecule has 0 nitrogen and oxygen atoms in total. The standard InChI is InChI=1S/C12H18/c1-4-6-7-12(10(3)5-2)11-8-9-11/h4-6,11H,2,7-9H2,1,3H3/b6-4+,12-10-. The van der Waals surface area contributed by atoms with Crippen molar-refractivity contribution in [3.05, 3.63) is 36.0 Å². The second-order valence-electron chi connectivity index (χ2n) is 3.46. The third kappa shape index (κ3) is 2.37. The van der Waals surface area contributed by atoms with Crippen LogP contribution in [0, 0.1) is 5.92 Å². The van der Waals surface area contributed by atoms with Crippen molar-refractivity contribution in [3.8, 4) is 0 Å². The summed E-state index contributed by atoms with van der Waals surface area (Å²) in [6.45, 7) is 8.07. The van der Waals surface area contributed by atoms with Crippen molar-refractivity contribution in [2.45, 2.75) is 33.1 Å². The molecule has 1 aliphatic rings. The molecule has 1 rings (SSSR count). The summed E-state index contributed by atoms with van der Waals surface area (Å²) in [6.07, 6.45) is 10.2. The highest BCUT2D eigenvalue weighted by molar-refractivity contribution is 5.28. The van der Waals surface area contributed by atoms with Gasteiger partial charge in [0.05, 0.1) is 0 Å². The average molecular weight is 162 g/mol. The Morgan fingerprint density at radius 3 is 2.58 bits per heavy atom. The second kappa shape index (κ2) is 4.30. The Kier molecular flexibility index (Phi) is 3.33. The molecule has 12 heavy (non-hydrogen) atoms. The lowest BCUT2D eigenvalue weighted by Crippen LogP contribution is -1.88. The van der Waals surface area contributed by atoms with Gasteiger partial charge in [0, 0.05) is 0 Å². The molecule has 0 aliphatic heterocycles. The van der Waals surface area contributed by atoms with E-state index in [0.29, 0.717) is 0 Å². The van der Waals surface area contributed by atoms with E-state index in [-0.39, 0.29) is 0 Å². The maximum Gasteiger partial charge on any atom is -0.0130 e. The zero-order valence-electron chi connectivity index (χ0n) is 8.14. The molecule has 0 aromatic carbocycles. The van der Waals surface area contributed by atoms with Gasteiger partial charge in [-0.2, -0.15) is 0 Å². The van der Waals surface area contributed by atoms with E-state index in [4.69, 9.17) is 0 Å². The minimum atomic E-state index is 0.874. The molecular formula is C12H18. The van der Waals surface area contributed by atoms with Gasteiger partial charge in [-0.25, -0.2) is 0 Å². The molecule has 0 heteroatoms. The Morgan fingerprint density at radius 2 is 2.17 bits per heavy atom. The van der Waals surface area contributed by atoms with E-state index >= 15 is 0 Å². The van der Waals surface area contributed by atoms with E-state index in [1.54, 1.807) is 5.57 Å². The Balaban J connectivity index is 2.65. The largest absolute Gasteiger partial charge is 0.0988 e. The highest BCUT2D eigenvalue weighted by atomic mass is 14.3. The van der Waals surface area contributed by atoms with E-state index in [0.717, 1.165) is 12.3 Å². The fourth-order valence-electron chi connectivity index (χ4n) is 1.46. The molecule has 0 bridgehead atoms. The summed E-state index contributed by atoms with van der Waals surface area (Å²) in [5, 5.41) is 0. The quantitative estimate of drug-likeness (QED) is 0.435. The lowest BCUT2D eigenvalue weighted by Gasteiger charge is -2.05. The van der Waals surface area contributed by atoms with Gasteiger partial charge in [-0.1, -0.05) is 36.0 Å². The average Bonchev–Trinajstić information content (AvgIpc) is 2.88. The van der Waals surface area contributed by atoms with Gasteiger partial charge >= 0.3 is 0 Å². The first-order valence-electron chi connectivity index (χ1n) is 4.72. The normalized spacial score (nSPS) is 19.5. The molecule has 1 aliphatic carbocycles. The highest BCUT2D eigenvalue weighted by Gasteiger charge is 2.25. The Hall–Kier alpha value is -0.780. The zero-order valence-corrected chi connectivity index (χ0v) is 8.14. The van der Waals surface area contributed by atoms with Gasteiger partial charge < -0.3 is 0 Å². The van der Waals surface area contributed by atoms with Crippen LogP contribution in [-0.4, -0.2) is 0 Å². The number of allylic oxidation sites excluding steroid dienone is 5. The summed E-state index contributed by atoms with van der Waals surface area (Å²) in [5.74, 6) is 0.874. The summed E-state index contributed by atoms with van der Waals surface area (Å²) in [5.41, 5.74) is 2.98. The summed E-state index contributed by atoms with van der Waals surface area (Å²) >= 11 is 0. The topological polar surface area (TPSA) is 0 Å². The first-order chi connectivity index (χ1) is 5.79. The van der Waals surface area contributed by atoms with Crippen LogP contribution in [0.3, 0.4) is 0 Å². The van der Waals surface area contributed by atoms with E-state index in [1.807, 2.05) is 6.08 Å². The second-order valence-corrected chi connectivity index (χ2v) is 3.46. The summed E-state index contributed by atoms with van der Waals surface area (Å²) in [6, 6.07) is 0. The Labute approximate surface area is 75.7 Å². The fraction of sp³-hybridized carbons (Fsp3) is 0.500. The first-order valence-corrected chi connectivity index (χ1v) is 4.72. The molecule has 0 aromatic rings. The van der Waals surface area contributed by atoms with Crippen molar-refractivity contribution in [3.63, 3.8) is 0 Å². The lowest BCUT2D eigenvalue weighted by atomic mass is 10.0. The maximum atomic E-state index is 3.82. The Morgan fingerprint density at radius 1 is 1.50 bits per heavy atom. The zero-order chi connectivity index (χ0) is 8.97. The summed E-state index contributed by atoms with van der Waals surface area (Å²) < 4.78 is 0. The first kappa shape index (κ1) is 9.31. The number of hydrogen-bond acceptors (Lipinski definition) is 0. The van der Waals surface area contributed by atoms with Crippen molar-refractivity contribution in [2.24, 2.45) is 5.92 Å². The van der Waals surface area contributed by atoms with Crippen LogP contribution in [0.4, 0.5) is 0 Å². The van der Waals surface area contributed by atoms with Gasteiger partial charge in [0.2, 0.25) is 0 Å². The van der Waals surface area contributed by atoms with Crippen molar-refractivity contribution >= 4 is 0 Å². The molecule has 0 saturated heterocycles. The highest BCUT2D eigenvalue weighted by Crippen LogP contribution is 2.39. The van der Waals surface area contributed by atoms with Crippen LogP contribution < -0.4 is 0 Å². The van der Waals surface area contributed by atoms with E-state index in [2.05, 4.69) is 32.6 Å². The van der Waals surface area contributed by atoms with Gasteiger partial charge in [0.1, 0.15) is 0 Å². The van der Waals surface area contributed by atoms with Crippen LogP contribution in [0.2, 0.25) is 0 Å². The van der Waals surface area contributed by atoms with Crippen molar-refractivity contribution < 1.29 is 0 Å². The van der Waals surface area contributed by atoms with Gasteiger partial charge in [0.25, 0.3) is 0 Å². The van der Waals surface area contributed by atoms with Gasteiger partial charge in [-0.3, -0.25) is 0 Å². The molecule has 1 saturated carbocycles. The van der Waals surface area contributed by atoms with Crippen LogP contribution in [0.1, 0.15) is 33.1 Å². The van der Waals surface area contributed by atoms with Gasteiger partial charge in [-0.15, -0.1) is 0 Å². The van der Waals surface area contributed by atoms with E-state index in [1.165, 1.54) is 18.4 Å². The van der Waals surface area contributed by atoms with Crippen LogP contribution in [0.5, 0.6) is 0 Å². The van der Waals surface area contributed by atoms with Gasteiger partial charge in [-0.05, 0) is 39.0 Å². The third-order valence-corrected chi connectivity index (χ3v) is 2.46. The summed E-state index contributed by atoms with van der Waals surface area (Å²) in [7, 11) is 0. The maximum absolute atomic E-state index is 3.82. The minimum Gasteiger partial charge on any atom is -0.0988 e. The molecular weight excluding hydrogens is 144 g/mol. The molecule has 66 valence electrons. The Bertz CT molecular complexity index is 214. The smallest absolute Gasteiger partial charge is 0.0130 e. The molecule has 0 N–H and O–H groups in total. The van der Waals surface area contributed by atoms with Crippen LogP contribution in [-0.2, 0) is 0 Å². The SMILES string of the molecule is C=C/C(C)=C(/C/C=C/C)C1CC1. The van der Waals surface area contributed by atoms with Crippen LogP contribution >= 0.6 is 0 Å². The number of hydrogen-bond donors (Lipinski definition) is 0. The molecule has 0 heterocycles.